The van der Waals surface area contributed by atoms with Gasteiger partial charge in [-0.2, -0.15) is 4.98 Å². The molecule has 0 bridgehead atoms. The van der Waals surface area contributed by atoms with Crippen molar-refractivity contribution in [3.63, 3.8) is 0 Å². The van der Waals surface area contributed by atoms with Crippen LogP contribution in [0.25, 0.3) is 0 Å². The average Bonchev–Trinajstić information content (AvgIpc) is 3.50. The molecule has 0 spiro atoms. The van der Waals surface area contributed by atoms with E-state index < -0.39 is 0 Å². The fourth-order valence-corrected chi connectivity index (χ4v) is 3.70. The molecule has 0 aromatic carbocycles. The first-order valence-corrected chi connectivity index (χ1v) is 10.4. The molecule has 1 atom stereocenters. The number of carbonyl (C=O) groups excluding carboxylic acids is 2. The predicted molar refractivity (Wildman–Crippen MR) is 105 cm³/mol. The molecule has 8 heteroatoms. The highest BCUT2D eigenvalue weighted by molar-refractivity contribution is 5.93. The Morgan fingerprint density at radius 1 is 1.28 bits per heavy atom. The van der Waals surface area contributed by atoms with Gasteiger partial charge in [-0.3, -0.25) is 14.6 Å². The van der Waals surface area contributed by atoms with E-state index in [1.54, 1.807) is 13.1 Å². The van der Waals surface area contributed by atoms with Gasteiger partial charge in [0.2, 0.25) is 11.8 Å². The van der Waals surface area contributed by atoms with E-state index in [2.05, 4.69) is 20.4 Å². The number of nitrogens with zero attached hydrogens (tertiary/aromatic N) is 4. The highest BCUT2D eigenvalue weighted by atomic mass is 16.5. The molecule has 2 fully saturated rings. The van der Waals surface area contributed by atoms with E-state index in [1.165, 1.54) is 12.8 Å². The summed E-state index contributed by atoms with van der Waals surface area (Å²) < 4.78 is 5.08. The summed E-state index contributed by atoms with van der Waals surface area (Å²) in [5, 5.41) is 6.72. The zero-order valence-corrected chi connectivity index (χ0v) is 16.8. The summed E-state index contributed by atoms with van der Waals surface area (Å²) in [6.07, 6.45) is 6.84. The molecule has 1 aliphatic heterocycles. The minimum Gasteiger partial charge on any atom is -0.352 e. The van der Waals surface area contributed by atoms with Crippen LogP contribution in [0.15, 0.2) is 22.9 Å². The summed E-state index contributed by atoms with van der Waals surface area (Å²) >= 11 is 0. The number of aryl methyl sites for hydroxylation is 2. The number of amides is 2. The summed E-state index contributed by atoms with van der Waals surface area (Å²) in [5.41, 5.74) is 1.53. The third-order valence-corrected chi connectivity index (χ3v) is 5.61. The smallest absolute Gasteiger partial charge is 0.252 e. The maximum atomic E-state index is 12.6. The van der Waals surface area contributed by atoms with Crippen LogP contribution >= 0.6 is 0 Å². The van der Waals surface area contributed by atoms with E-state index in [0.29, 0.717) is 42.6 Å². The highest BCUT2D eigenvalue weighted by Crippen LogP contribution is 2.28. The summed E-state index contributed by atoms with van der Waals surface area (Å²) in [4.78, 5) is 35.3. The van der Waals surface area contributed by atoms with Crippen molar-refractivity contribution in [2.24, 2.45) is 5.92 Å². The topological polar surface area (TPSA) is 101 Å². The Morgan fingerprint density at radius 3 is 2.83 bits per heavy atom. The lowest BCUT2D eigenvalue weighted by Crippen LogP contribution is -2.39. The number of hydrogen-bond donors (Lipinski definition) is 1. The number of nitrogens with one attached hydrogen (secondary N) is 1. The van der Waals surface area contributed by atoms with Crippen LogP contribution in [0.5, 0.6) is 0 Å². The number of hydrogen-bond acceptors (Lipinski definition) is 6. The Kier molecular flexibility index (Phi) is 5.87. The van der Waals surface area contributed by atoms with Gasteiger partial charge in [-0.05, 0) is 50.7 Å². The van der Waals surface area contributed by atoms with E-state index in [0.717, 1.165) is 31.6 Å². The molecule has 8 nitrogen and oxygen atoms in total. The normalized spacial score (nSPS) is 19.2. The lowest BCUT2D eigenvalue weighted by atomic mass is 9.93. The van der Waals surface area contributed by atoms with Crippen LogP contribution in [-0.2, 0) is 11.2 Å². The van der Waals surface area contributed by atoms with Crippen molar-refractivity contribution in [1.82, 2.24) is 25.3 Å². The van der Waals surface area contributed by atoms with Gasteiger partial charge in [0.15, 0.2) is 5.82 Å². The van der Waals surface area contributed by atoms with Gasteiger partial charge in [0.1, 0.15) is 0 Å². The van der Waals surface area contributed by atoms with Crippen molar-refractivity contribution >= 4 is 11.8 Å². The summed E-state index contributed by atoms with van der Waals surface area (Å²) in [6.45, 7) is 3.93. The molecule has 1 saturated heterocycles. The molecule has 2 aliphatic rings. The molecule has 0 radical (unpaired) electrons. The molecule has 4 rings (SSSR count). The first kappa shape index (κ1) is 19.5. The van der Waals surface area contributed by atoms with Gasteiger partial charge in [0, 0.05) is 50.3 Å². The first-order valence-electron chi connectivity index (χ1n) is 10.4. The molecular weight excluding hydrogens is 370 g/mol. The lowest BCUT2D eigenvalue weighted by Gasteiger charge is -2.32. The van der Waals surface area contributed by atoms with Gasteiger partial charge in [-0.15, -0.1) is 0 Å². The van der Waals surface area contributed by atoms with Crippen LogP contribution in [0.1, 0.15) is 65.8 Å². The van der Waals surface area contributed by atoms with E-state index in [9.17, 15) is 9.59 Å². The molecule has 2 aromatic rings. The number of carbonyl (C=O) groups is 2. The molecule has 1 saturated carbocycles. The van der Waals surface area contributed by atoms with Gasteiger partial charge in [-0.25, -0.2) is 0 Å². The molecule has 154 valence electrons. The number of aromatic nitrogens is 3. The van der Waals surface area contributed by atoms with Crippen molar-refractivity contribution in [3.8, 4) is 0 Å². The molecule has 3 heterocycles. The molecule has 1 N–H and O–H groups in total. The van der Waals surface area contributed by atoms with Crippen LogP contribution in [0, 0.1) is 12.8 Å². The Balaban J connectivity index is 1.30. The summed E-state index contributed by atoms with van der Waals surface area (Å²) in [6, 6.07) is 3.76. The third kappa shape index (κ3) is 5.19. The van der Waals surface area contributed by atoms with Gasteiger partial charge in [-0.1, -0.05) is 5.16 Å². The first-order chi connectivity index (χ1) is 14.1. The van der Waals surface area contributed by atoms with Crippen LogP contribution in [-0.4, -0.2) is 51.5 Å². The van der Waals surface area contributed by atoms with Crippen molar-refractivity contribution < 1.29 is 14.1 Å². The molecule has 29 heavy (non-hydrogen) atoms. The SMILES string of the molecule is Cc1noc(CCC(=O)N2CCC[C@H](c3ccc(C(=O)NCC4CC4)cn3)C2)n1. The maximum absolute atomic E-state index is 12.6. The van der Waals surface area contributed by atoms with Crippen LogP contribution < -0.4 is 5.32 Å². The van der Waals surface area contributed by atoms with Crippen molar-refractivity contribution in [2.45, 2.75) is 51.4 Å². The second-order valence-electron chi connectivity index (χ2n) is 8.04. The third-order valence-electron chi connectivity index (χ3n) is 5.61. The fraction of sp³-hybridized carbons (Fsp3) is 0.571. The fourth-order valence-electron chi connectivity index (χ4n) is 3.70. The van der Waals surface area contributed by atoms with Crippen LogP contribution in [0.4, 0.5) is 0 Å². The van der Waals surface area contributed by atoms with Crippen molar-refractivity contribution in [3.05, 3.63) is 41.3 Å². The van der Waals surface area contributed by atoms with E-state index >= 15 is 0 Å². The molecule has 0 unspecified atom stereocenters. The van der Waals surface area contributed by atoms with E-state index in [4.69, 9.17) is 4.52 Å². The Labute approximate surface area is 170 Å². The quantitative estimate of drug-likeness (QED) is 0.769. The molecule has 1 aliphatic carbocycles. The second kappa shape index (κ2) is 8.71. The molecule has 2 amide bonds. The minimum absolute atomic E-state index is 0.0624. The number of rotatable bonds is 7. The van der Waals surface area contributed by atoms with E-state index in [1.807, 2.05) is 17.0 Å². The number of likely N-dealkylation sites (tertiary alicyclic amines) is 1. The summed E-state index contributed by atoms with van der Waals surface area (Å²) in [7, 11) is 0. The zero-order valence-electron chi connectivity index (χ0n) is 16.8. The molecular formula is C21H27N5O3. The van der Waals surface area contributed by atoms with Crippen LogP contribution in [0.2, 0.25) is 0 Å². The number of pyridine rings is 1. The average molecular weight is 397 g/mol. The Bertz CT molecular complexity index is 859. The minimum atomic E-state index is -0.0624. The Hall–Kier alpha value is -2.77. The Morgan fingerprint density at radius 2 is 2.14 bits per heavy atom. The maximum Gasteiger partial charge on any atom is 0.252 e. The standard InChI is InChI=1S/C21H27N5O3/c1-14-24-19(29-25-14)8-9-20(27)26-10-2-3-17(13-26)18-7-6-16(12-22-18)21(28)23-11-15-4-5-15/h6-7,12,15,17H,2-5,8-11,13H2,1H3,(H,23,28)/t17-/m0/s1. The van der Waals surface area contributed by atoms with E-state index in [-0.39, 0.29) is 17.7 Å². The largest absolute Gasteiger partial charge is 0.352 e. The second-order valence-corrected chi connectivity index (χ2v) is 8.04. The zero-order chi connectivity index (χ0) is 20.2. The van der Waals surface area contributed by atoms with Crippen molar-refractivity contribution in [2.75, 3.05) is 19.6 Å². The van der Waals surface area contributed by atoms with Crippen molar-refractivity contribution in [1.29, 1.82) is 0 Å². The van der Waals surface area contributed by atoms with Gasteiger partial charge in [0.05, 0.1) is 5.56 Å². The lowest BCUT2D eigenvalue weighted by molar-refractivity contribution is -0.132. The molecule has 2 aromatic heterocycles. The monoisotopic (exact) mass is 397 g/mol. The van der Waals surface area contributed by atoms with Gasteiger partial charge in [0.25, 0.3) is 5.91 Å². The van der Waals surface area contributed by atoms with Gasteiger partial charge >= 0.3 is 0 Å². The highest BCUT2D eigenvalue weighted by Gasteiger charge is 2.26. The summed E-state index contributed by atoms with van der Waals surface area (Å²) in [5.74, 6) is 1.97. The van der Waals surface area contributed by atoms with Crippen LogP contribution in [0.3, 0.4) is 0 Å². The van der Waals surface area contributed by atoms with Gasteiger partial charge < -0.3 is 14.7 Å². The number of piperidine rings is 1. The predicted octanol–water partition coefficient (Wildman–Crippen LogP) is 2.25.